The van der Waals surface area contributed by atoms with Gasteiger partial charge in [-0.1, -0.05) is 44.2 Å². The summed E-state index contributed by atoms with van der Waals surface area (Å²) in [5.41, 5.74) is 10.7. The van der Waals surface area contributed by atoms with E-state index in [1.165, 1.54) is 16.7 Å². The third-order valence-electron chi connectivity index (χ3n) is 3.05. The van der Waals surface area contributed by atoms with E-state index in [9.17, 15) is 0 Å². The Labute approximate surface area is 109 Å². The lowest BCUT2D eigenvalue weighted by Gasteiger charge is -2.15. The fourth-order valence-electron chi connectivity index (χ4n) is 2.26. The van der Waals surface area contributed by atoms with Gasteiger partial charge in [-0.2, -0.15) is 0 Å². The summed E-state index contributed by atoms with van der Waals surface area (Å²) in [5, 5.41) is 0. The molecule has 0 atom stereocenters. The number of hydrogen-bond acceptors (Lipinski definition) is 2. The summed E-state index contributed by atoms with van der Waals surface area (Å²) in [6, 6.07) is 12.4. The molecule has 0 aliphatic heterocycles. The summed E-state index contributed by atoms with van der Waals surface area (Å²) in [6.07, 6.45) is 1.03. The van der Waals surface area contributed by atoms with Gasteiger partial charge in [0.2, 0.25) is 0 Å². The summed E-state index contributed by atoms with van der Waals surface area (Å²) < 4.78 is 0. The van der Waals surface area contributed by atoms with Crippen molar-refractivity contribution in [2.45, 2.75) is 27.2 Å². The van der Waals surface area contributed by atoms with Gasteiger partial charge < -0.3 is 5.73 Å². The number of nitrogens with two attached hydrogens (primary N) is 1. The third kappa shape index (κ3) is 2.70. The van der Waals surface area contributed by atoms with Gasteiger partial charge in [0.1, 0.15) is 5.82 Å². The summed E-state index contributed by atoms with van der Waals surface area (Å²) in [6.45, 7) is 6.50. The van der Waals surface area contributed by atoms with Crippen LogP contribution < -0.4 is 5.73 Å². The maximum Gasteiger partial charge on any atom is 0.124 e. The molecule has 18 heavy (non-hydrogen) atoms. The van der Waals surface area contributed by atoms with Crippen molar-refractivity contribution in [2.24, 2.45) is 5.92 Å². The lowest BCUT2D eigenvalue weighted by atomic mass is 9.93. The van der Waals surface area contributed by atoms with Gasteiger partial charge in [0.25, 0.3) is 0 Å². The highest BCUT2D eigenvalue weighted by atomic mass is 14.8. The molecule has 0 aliphatic carbocycles. The molecule has 1 aromatic carbocycles. The predicted octanol–water partition coefficient (Wildman–Crippen LogP) is 3.84. The Hall–Kier alpha value is -1.83. The van der Waals surface area contributed by atoms with Crippen LogP contribution in [0.25, 0.3) is 11.1 Å². The Balaban J connectivity index is 2.57. The summed E-state index contributed by atoms with van der Waals surface area (Å²) in [5.74, 6) is 1.20. The highest BCUT2D eigenvalue weighted by Crippen LogP contribution is 2.28. The van der Waals surface area contributed by atoms with Crippen molar-refractivity contribution in [1.29, 1.82) is 0 Å². The highest BCUT2D eigenvalue weighted by Gasteiger charge is 2.11. The van der Waals surface area contributed by atoms with E-state index in [0.717, 1.165) is 12.1 Å². The molecule has 1 aromatic heterocycles. The van der Waals surface area contributed by atoms with Gasteiger partial charge >= 0.3 is 0 Å². The number of nitrogen functional groups attached to an aromatic ring is 1. The van der Waals surface area contributed by atoms with E-state index in [1.807, 2.05) is 19.1 Å². The van der Waals surface area contributed by atoms with Crippen molar-refractivity contribution < 1.29 is 0 Å². The fourth-order valence-corrected chi connectivity index (χ4v) is 2.26. The molecule has 0 amide bonds. The van der Waals surface area contributed by atoms with E-state index in [2.05, 4.69) is 43.1 Å². The monoisotopic (exact) mass is 240 g/mol. The van der Waals surface area contributed by atoms with Crippen LogP contribution in [-0.2, 0) is 6.42 Å². The van der Waals surface area contributed by atoms with Crippen molar-refractivity contribution in [1.82, 2.24) is 4.98 Å². The van der Waals surface area contributed by atoms with Crippen molar-refractivity contribution in [3.8, 4) is 11.1 Å². The van der Waals surface area contributed by atoms with Crippen LogP contribution in [0.5, 0.6) is 0 Å². The number of benzene rings is 1. The van der Waals surface area contributed by atoms with Crippen molar-refractivity contribution in [3.05, 3.63) is 47.7 Å². The number of hydrogen-bond donors (Lipinski definition) is 1. The second-order valence-corrected chi connectivity index (χ2v) is 5.12. The lowest BCUT2D eigenvalue weighted by Crippen LogP contribution is -2.04. The number of aryl methyl sites for hydroxylation is 1. The van der Waals surface area contributed by atoms with Gasteiger partial charge in [0.15, 0.2) is 0 Å². The van der Waals surface area contributed by atoms with E-state index in [1.54, 1.807) is 0 Å². The molecule has 2 rings (SSSR count). The minimum absolute atomic E-state index is 0.596. The molecule has 0 spiro atoms. The molecule has 0 fully saturated rings. The second kappa shape index (κ2) is 5.21. The van der Waals surface area contributed by atoms with Crippen molar-refractivity contribution in [2.75, 3.05) is 5.73 Å². The minimum Gasteiger partial charge on any atom is -0.384 e. The largest absolute Gasteiger partial charge is 0.384 e. The summed E-state index contributed by atoms with van der Waals surface area (Å²) >= 11 is 0. The van der Waals surface area contributed by atoms with Crippen LogP contribution in [0.3, 0.4) is 0 Å². The molecule has 0 radical (unpaired) electrons. The molecule has 1 heterocycles. The predicted molar refractivity (Wildman–Crippen MR) is 77.4 cm³/mol. The van der Waals surface area contributed by atoms with Crippen LogP contribution >= 0.6 is 0 Å². The van der Waals surface area contributed by atoms with Gasteiger partial charge in [-0.05, 0) is 42.0 Å². The van der Waals surface area contributed by atoms with Crippen molar-refractivity contribution >= 4 is 5.82 Å². The molecule has 0 unspecified atom stereocenters. The number of aromatic nitrogens is 1. The van der Waals surface area contributed by atoms with Crippen molar-refractivity contribution in [3.63, 3.8) is 0 Å². The zero-order valence-corrected chi connectivity index (χ0v) is 11.3. The van der Waals surface area contributed by atoms with Gasteiger partial charge in [-0.25, -0.2) is 4.98 Å². The van der Waals surface area contributed by atoms with E-state index in [-0.39, 0.29) is 0 Å². The van der Waals surface area contributed by atoms with Crippen LogP contribution in [0, 0.1) is 12.8 Å². The first kappa shape index (κ1) is 12.6. The van der Waals surface area contributed by atoms with E-state index >= 15 is 0 Å². The standard InChI is InChI=1S/C16H20N2/c1-11(2)9-14-12(3)18-16(17)10-15(14)13-7-5-4-6-8-13/h4-8,10-11H,9H2,1-3H3,(H2,17,18). The van der Waals surface area contributed by atoms with Crippen LogP contribution in [0.2, 0.25) is 0 Å². The minimum atomic E-state index is 0.596. The smallest absolute Gasteiger partial charge is 0.124 e. The van der Waals surface area contributed by atoms with Gasteiger partial charge in [0, 0.05) is 5.69 Å². The molecular weight excluding hydrogens is 220 g/mol. The molecule has 2 aromatic rings. The van der Waals surface area contributed by atoms with Gasteiger partial charge in [-0.3, -0.25) is 0 Å². The van der Waals surface area contributed by atoms with Crippen LogP contribution in [-0.4, -0.2) is 4.98 Å². The van der Waals surface area contributed by atoms with E-state index in [4.69, 9.17) is 5.73 Å². The first-order valence-electron chi connectivity index (χ1n) is 6.39. The zero-order valence-electron chi connectivity index (χ0n) is 11.3. The average molecular weight is 240 g/mol. The molecule has 94 valence electrons. The Bertz CT molecular complexity index is 530. The Morgan fingerprint density at radius 2 is 1.83 bits per heavy atom. The topological polar surface area (TPSA) is 38.9 Å². The van der Waals surface area contributed by atoms with Gasteiger partial charge in [-0.15, -0.1) is 0 Å². The Morgan fingerprint density at radius 1 is 1.17 bits per heavy atom. The van der Waals surface area contributed by atoms with E-state index in [0.29, 0.717) is 11.7 Å². The molecule has 2 N–H and O–H groups in total. The maximum absolute atomic E-state index is 5.89. The SMILES string of the molecule is Cc1nc(N)cc(-c2ccccc2)c1CC(C)C. The second-order valence-electron chi connectivity index (χ2n) is 5.12. The molecular formula is C16H20N2. The third-order valence-corrected chi connectivity index (χ3v) is 3.05. The number of pyridine rings is 1. The Kier molecular flexibility index (Phi) is 3.66. The zero-order chi connectivity index (χ0) is 13.1. The molecule has 2 heteroatoms. The summed E-state index contributed by atoms with van der Waals surface area (Å²) in [7, 11) is 0. The average Bonchev–Trinajstić information content (AvgIpc) is 2.33. The van der Waals surface area contributed by atoms with Crippen LogP contribution in [0.1, 0.15) is 25.1 Å². The molecule has 0 saturated carbocycles. The molecule has 0 bridgehead atoms. The first-order valence-corrected chi connectivity index (χ1v) is 6.39. The molecule has 2 nitrogen and oxygen atoms in total. The number of rotatable bonds is 3. The molecule has 0 saturated heterocycles. The number of anilines is 1. The normalized spacial score (nSPS) is 10.9. The lowest BCUT2D eigenvalue weighted by molar-refractivity contribution is 0.643. The maximum atomic E-state index is 5.89. The van der Waals surface area contributed by atoms with E-state index < -0.39 is 0 Å². The summed E-state index contributed by atoms with van der Waals surface area (Å²) in [4.78, 5) is 4.39. The Morgan fingerprint density at radius 3 is 2.44 bits per heavy atom. The number of nitrogens with zero attached hydrogens (tertiary/aromatic N) is 1. The quantitative estimate of drug-likeness (QED) is 0.885. The highest BCUT2D eigenvalue weighted by molar-refractivity contribution is 5.70. The van der Waals surface area contributed by atoms with Crippen LogP contribution in [0.4, 0.5) is 5.82 Å². The van der Waals surface area contributed by atoms with Gasteiger partial charge in [0.05, 0.1) is 0 Å². The fraction of sp³-hybridized carbons (Fsp3) is 0.312. The first-order chi connectivity index (χ1) is 8.58. The van der Waals surface area contributed by atoms with Crippen LogP contribution in [0.15, 0.2) is 36.4 Å². The molecule has 0 aliphatic rings.